The molecule has 0 radical (unpaired) electrons. The summed E-state index contributed by atoms with van der Waals surface area (Å²) in [6, 6.07) is 17.8. The summed E-state index contributed by atoms with van der Waals surface area (Å²) in [4.78, 5) is 20.0. The minimum Gasteiger partial charge on any atom is -0.374 e. The molecule has 25 heavy (non-hydrogen) atoms. The molecule has 4 rings (SSSR count). The summed E-state index contributed by atoms with van der Waals surface area (Å²) in [6.07, 6.45) is 6.32. The molecule has 1 aromatic heterocycles. The number of rotatable bonds is 3. The third kappa shape index (κ3) is 3.29. The van der Waals surface area contributed by atoms with Crippen LogP contribution in [0.25, 0.3) is 17.0 Å². The van der Waals surface area contributed by atoms with Gasteiger partial charge in [0.2, 0.25) is 0 Å². The minimum atomic E-state index is 0.126. The molecular weight excluding hydrogens is 310 g/mol. The Morgan fingerprint density at radius 3 is 2.44 bits per heavy atom. The third-order valence-corrected chi connectivity index (χ3v) is 4.71. The summed E-state index contributed by atoms with van der Waals surface area (Å²) in [6.45, 7) is 3.23. The number of benzene rings is 2. The average molecular weight is 331 g/mol. The van der Waals surface area contributed by atoms with Crippen molar-refractivity contribution in [2.24, 2.45) is 0 Å². The molecule has 4 nitrogen and oxygen atoms in total. The van der Waals surface area contributed by atoms with Gasteiger partial charge < -0.3 is 14.8 Å². The molecule has 3 aromatic rings. The molecule has 0 aliphatic carbocycles. The van der Waals surface area contributed by atoms with Crippen LogP contribution in [0, 0.1) is 0 Å². The van der Waals surface area contributed by atoms with Gasteiger partial charge in [0.05, 0.1) is 0 Å². The third-order valence-electron chi connectivity index (χ3n) is 4.71. The second kappa shape index (κ2) is 6.85. The highest BCUT2D eigenvalue weighted by Crippen LogP contribution is 2.19. The quantitative estimate of drug-likeness (QED) is 0.796. The Balaban J connectivity index is 1.38. The van der Waals surface area contributed by atoms with Crippen LogP contribution >= 0.6 is 0 Å². The smallest absolute Gasteiger partial charge is 0.253 e. The van der Waals surface area contributed by atoms with Gasteiger partial charge in [0, 0.05) is 54.4 Å². The van der Waals surface area contributed by atoms with Gasteiger partial charge in [0.15, 0.2) is 0 Å². The Kier molecular flexibility index (Phi) is 4.25. The van der Waals surface area contributed by atoms with Crippen LogP contribution in [-0.2, 0) is 0 Å². The fourth-order valence-corrected chi connectivity index (χ4v) is 3.25. The molecule has 1 N–H and O–H groups in total. The lowest BCUT2D eigenvalue weighted by Crippen LogP contribution is -2.46. The maximum atomic E-state index is 12.5. The molecule has 2 heterocycles. The highest BCUT2D eigenvalue weighted by Gasteiger charge is 2.20. The number of nitrogens with one attached hydrogen (secondary N) is 1. The Morgan fingerprint density at radius 1 is 0.920 bits per heavy atom. The maximum absolute atomic E-state index is 12.5. The highest BCUT2D eigenvalue weighted by atomic mass is 16.2. The summed E-state index contributed by atoms with van der Waals surface area (Å²) in [7, 11) is 0. The van der Waals surface area contributed by atoms with Gasteiger partial charge in [0.25, 0.3) is 5.91 Å². The van der Waals surface area contributed by atoms with Gasteiger partial charge in [0.1, 0.15) is 0 Å². The molecule has 1 aliphatic rings. The standard InChI is InChI=1S/C21H21N3O/c25-21(17-6-2-1-3-7-17)24-14-12-23(13-15-24)11-10-18-16-22-20-9-5-4-8-19(18)20/h1-11,16,22H,12-15H2. The van der Waals surface area contributed by atoms with Crippen molar-refractivity contribution < 1.29 is 4.79 Å². The number of carbonyl (C=O) groups excluding carboxylic acids is 1. The molecule has 0 atom stereocenters. The van der Waals surface area contributed by atoms with E-state index in [9.17, 15) is 4.79 Å². The number of aromatic amines is 1. The van der Waals surface area contributed by atoms with Crippen LogP contribution in [0.15, 0.2) is 67.0 Å². The number of hydrogen-bond donors (Lipinski definition) is 1. The molecule has 1 aliphatic heterocycles. The summed E-state index contributed by atoms with van der Waals surface area (Å²) in [5, 5.41) is 1.23. The van der Waals surface area contributed by atoms with Crippen molar-refractivity contribution in [1.29, 1.82) is 0 Å². The zero-order valence-corrected chi connectivity index (χ0v) is 14.1. The minimum absolute atomic E-state index is 0.126. The first-order valence-electron chi connectivity index (χ1n) is 8.64. The first-order valence-corrected chi connectivity index (χ1v) is 8.64. The number of para-hydroxylation sites is 1. The zero-order chi connectivity index (χ0) is 17.1. The molecule has 0 unspecified atom stereocenters. The predicted octanol–water partition coefficient (Wildman–Crippen LogP) is 3.60. The molecule has 0 spiro atoms. The molecule has 4 heteroatoms. The van der Waals surface area contributed by atoms with Crippen LogP contribution in [-0.4, -0.2) is 46.9 Å². The number of aromatic nitrogens is 1. The van der Waals surface area contributed by atoms with E-state index in [0.717, 1.165) is 37.3 Å². The fourth-order valence-electron chi connectivity index (χ4n) is 3.25. The van der Waals surface area contributed by atoms with Gasteiger partial charge in [-0.2, -0.15) is 0 Å². The van der Waals surface area contributed by atoms with Crippen LogP contribution in [0.1, 0.15) is 15.9 Å². The lowest BCUT2D eigenvalue weighted by molar-refractivity contribution is 0.0680. The van der Waals surface area contributed by atoms with Crippen molar-refractivity contribution in [3.63, 3.8) is 0 Å². The molecule has 0 bridgehead atoms. The van der Waals surface area contributed by atoms with Gasteiger partial charge in [-0.15, -0.1) is 0 Å². The van der Waals surface area contributed by atoms with E-state index in [1.807, 2.05) is 47.5 Å². The van der Waals surface area contributed by atoms with E-state index in [0.29, 0.717) is 0 Å². The SMILES string of the molecule is O=C(c1ccccc1)N1CCN(C=Cc2c[nH]c3ccccc23)CC1. The topological polar surface area (TPSA) is 39.3 Å². The number of fused-ring (bicyclic) bond motifs is 1. The molecule has 1 amide bonds. The Hall–Kier alpha value is -3.01. The molecular formula is C21H21N3O. The zero-order valence-electron chi connectivity index (χ0n) is 14.1. The first-order chi connectivity index (χ1) is 12.3. The van der Waals surface area contributed by atoms with Crippen molar-refractivity contribution in [2.45, 2.75) is 0 Å². The van der Waals surface area contributed by atoms with E-state index in [1.54, 1.807) is 0 Å². The van der Waals surface area contributed by atoms with Crippen molar-refractivity contribution in [3.05, 3.63) is 78.1 Å². The van der Waals surface area contributed by atoms with Crippen LogP contribution in [0.5, 0.6) is 0 Å². The number of nitrogens with zero attached hydrogens (tertiary/aromatic N) is 2. The number of H-pyrrole nitrogens is 1. The van der Waals surface area contributed by atoms with Crippen LogP contribution in [0.2, 0.25) is 0 Å². The van der Waals surface area contributed by atoms with E-state index >= 15 is 0 Å². The Labute approximate surface area is 147 Å². The van der Waals surface area contributed by atoms with Crippen molar-refractivity contribution >= 4 is 22.9 Å². The summed E-state index contributed by atoms with van der Waals surface area (Å²) in [5.74, 6) is 0.126. The number of piperazine rings is 1. The van der Waals surface area contributed by atoms with Gasteiger partial charge in [-0.25, -0.2) is 0 Å². The molecule has 1 fully saturated rings. The van der Waals surface area contributed by atoms with E-state index < -0.39 is 0 Å². The highest BCUT2D eigenvalue weighted by molar-refractivity contribution is 5.94. The molecule has 0 saturated carbocycles. The first kappa shape index (κ1) is 15.5. The summed E-state index contributed by atoms with van der Waals surface area (Å²) >= 11 is 0. The van der Waals surface area contributed by atoms with Crippen LogP contribution in [0.3, 0.4) is 0 Å². The van der Waals surface area contributed by atoms with Gasteiger partial charge in [-0.1, -0.05) is 36.4 Å². The predicted molar refractivity (Wildman–Crippen MR) is 101 cm³/mol. The number of hydrogen-bond acceptors (Lipinski definition) is 2. The van der Waals surface area contributed by atoms with E-state index in [4.69, 9.17) is 0 Å². The van der Waals surface area contributed by atoms with Gasteiger partial charge in [-0.3, -0.25) is 4.79 Å². The number of amides is 1. The van der Waals surface area contributed by atoms with E-state index in [2.05, 4.69) is 40.4 Å². The summed E-state index contributed by atoms with van der Waals surface area (Å²) in [5.41, 5.74) is 3.11. The van der Waals surface area contributed by atoms with Crippen molar-refractivity contribution in [2.75, 3.05) is 26.2 Å². The lowest BCUT2D eigenvalue weighted by Gasteiger charge is -2.34. The average Bonchev–Trinajstić information content (AvgIpc) is 3.10. The van der Waals surface area contributed by atoms with Crippen LogP contribution < -0.4 is 0 Å². The van der Waals surface area contributed by atoms with Crippen molar-refractivity contribution in [3.8, 4) is 0 Å². The molecule has 2 aromatic carbocycles. The Morgan fingerprint density at radius 2 is 1.64 bits per heavy atom. The van der Waals surface area contributed by atoms with E-state index in [-0.39, 0.29) is 5.91 Å². The second-order valence-corrected chi connectivity index (χ2v) is 6.30. The summed E-state index contributed by atoms with van der Waals surface area (Å²) < 4.78 is 0. The molecule has 1 saturated heterocycles. The monoisotopic (exact) mass is 331 g/mol. The normalized spacial score (nSPS) is 15.2. The van der Waals surface area contributed by atoms with Gasteiger partial charge in [-0.05, 0) is 30.5 Å². The van der Waals surface area contributed by atoms with E-state index in [1.165, 1.54) is 10.9 Å². The van der Waals surface area contributed by atoms with Gasteiger partial charge >= 0.3 is 0 Å². The lowest BCUT2D eigenvalue weighted by atomic mass is 10.1. The second-order valence-electron chi connectivity index (χ2n) is 6.30. The maximum Gasteiger partial charge on any atom is 0.253 e. The van der Waals surface area contributed by atoms with Crippen molar-refractivity contribution in [1.82, 2.24) is 14.8 Å². The largest absolute Gasteiger partial charge is 0.374 e. The van der Waals surface area contributed by atoms with Crippen LogP contribution in [0.4, 0.5) is 0 Å². The number of carbonyl (C=O) groups is 1. The Bertz CT molecular complexity index is 890. The molecule has 126 valence electrons. The fraction of sp³-hybridized carbons (Fsp3) is 0.190.